The Morgan fingerprint density at radius 2 is 1.67 bits per heavy atom. The van der Waals surface area contributed by atoms with E-state index in [2.05, 4.69) is 4.98 Å². The van der Waals surface area contributed by atoms with Gasteiger partial charge < -0.3 is 8.97 Å². The van der Waals surface area contributed by atoms with Gasteiger partial charge in [0.15, 0.2) is 11.7 Å². The molecule has 0 fully saturated rings. The number of nitrogens with zero attached hydrogens (tertiary/aromatic N) is 1. The van der Waals surface area contributed by atoms with Crippen molar-refractivity contribution in [2.45, 2.75) is 11.8 Å². The van der Waals surface area contributed by atoms with Gasteiger partial charge in [-0.25, -0.2) is 4.98 Å². The van der Waals surface area contributed by atoms with Gasteiger partial charge in [-0.15, -0.1) is 0 Å². The molecule has 1 unspecified atom stereocenters. The standard InChI is InChI=1S/C16H13NO3S/c1-11-17-15(12-5-3-2-4-6-12)16(20-11)13-7-9-14(10-8-13)21(18)19/h2-10H,1H3,(H,18,19)/p-1. The number of benzene rings is 2. The fourth-order valence-electron chi connectivity index (χ4n) is 2.13. The van der Waals surface area contributed by atoms with E-state index in [0.29, 0.717) is 11.7 Å². The molecule has 21 heavy (non-hydrogen) atoms. The van der Waals surface area contributed by atoms with E-state index in [1.54, 1.807) is 31.2 Å². The summed E-state index contributed by atoms with van der Waals surface area (Å²) in [6.45, 7) is 1.79. The topological polar surface area (TPSA) is 66.2 Å². The van der Waals surface area contributed by atoms with Crippen molar-refractivity contribution in [2.24, 2.45) is 0 Å². The van der Waals surface area contributed by atoms with Crippen LogP contribution in [-0.4, -0.2) is 13.7 Å². The summed E-state index contributed by atoms with van der Waals surface area (Å²) in [6.07, 6.45) is 0. The minimum Gasteiger partial charge on any atom is -0.768 e. The molecule has 0 amide bonds. The summed E-state index contributed by atoms with van der Waals surface area (Å²) in [5, 5.41) is 0. The molecule has 0 spiro atoms. The Morgan fingerprint density at radius 3 is 2.29 bits per heavy atom. The third-order valence-electron chi connectivity index (χ3n) is 3.09. The molecule has 0 saturated heterocycles. The molecule has 4 nitrogen and oxygen atoms in total. The highest BCUT2D eigenvalue weighted by Crippen LogP contribution is 2.32. The molecule has 3 rings (SSSR count). The SMILES string of the molecule is Cc1nc(-c2ccccc2)c(-c2ccc(S(=O)[O-])cc2)o1. The van der Waals surface area contributed by atoms with Crippen molar-refractivity contribution in [2.75, 3.05) is 0 Å². The van der Waals surface area contributed by atoms with Gasteiger partial charge in [0.05, 0.1) is 0 Å². The van der Waals surface area contributed by atoms with E-state index in [1.165, 1.54) is 0 Å². The minimum absolute atomic E-state index is 0.247. The molecule has 0 saturated carbocycles. The molecule has 0 aliphatic carbocycles. The summed E-state index contributed by atoms with van der Waals surface area (Å²) in [7, 11) is 0. The predicted molar refractivity (Wildman–Crippen MR) is 79.3 cm³/mol. The van der Waals surface area contributed by atoms with Crippen molar-refractivity contribution in [3.63, 3.8) is 0 Å². The van der Waals surface area contributed by atoms with Crippen LogP contribution in [0.5, 0.6) is 0 Å². The van der Waals surface area contributed by atoms with Crippen LogP contribution in [0.1, 0.15) is 5.89 Å². The van der Waals surface area contributed by atoms with E-state index in [9.17, 15) is 8.76 Å². The van der Waals surface area contributed by atoms with Crippen LogP contribution in [0.2, 0.25) is 0 Å². The smallest absolute Gasteiger partial charge is 0.192 e. The fourth-order valence-corrected chi connectivity index (χ4v) is 2.49. The highest BCUT2D eigenvalue weighted by Gasteiger charge is 2.14. The molecular weight excluding hydrogens is 286 g/mol. The molecular formula is C16H12NO3S-. The minimum atomic E-state index is -2.23. The number of hydrogen-bond donors (Lipinski definition) is 0. The first-order chi connectivity index (χ1) is 10.1. The van der Waals surface area contributed by atoms with Gasteiger partial charge in [0.2, 0.25) is 0 Å². The third-order valence-corrected chi connectivity index (χ3v) is 3.75. The van der Waals surface area contributed by atoms with Crippen molar-refractivity contribution in [3.05, 3.63) is 60.5 Å². The predicted octanol–water partition coefficient (Wildman–Crippen LogP) is 3.56. The van der Waals surface area contributed by atoms with Gasteiger partial charge in [-0.2, -0.15) is 0 Å². The maximum atomic E-state index is 10.9. The molecule has 0 bridgehead atoms. The quantitative estimate of drug-likeness (QED) is 0.693. The molecule has 2 aromatic carbocycles. The Morgan fingerprint density at radius 1 is 1.00 bits per heavy atom. The number of aromatic nitrogens is 1. The lowest BCUT2D eigenvalue weighted by Gasteiger charge is -2.06. The maximum absolute atomic E-state index is 10.9. The average Bonchev–Trinajstić information content (AvgIpc) is 2.90. The lowest BCUT2D eigenvalue weighted by molar-refractivity contribution is 0.533. The van der Waals surface area contributed by atoms with Gasteiger partial charge in [-0.05, 0) is 35.3 Å². The van der Waals surface area contributed by atoms with Crippen LogP contribution in [0.3, 0.4) is 0 Å². The van der Waals surface area contributed by atoms with Crippen LogP contribution in [0.15, 0.2) is 63.9 Å². The Hall–Kier alpha value is -2.24. The number of oxazole rings is 1. The lowest BCUT2D eigenvalue weighted by Crippen LogP contribution is -1.88. The molecule has 0 radical (unpaired) electrons. The van der Waals surface area contributed by atoms with Gasteiger partial charge in [0.1, 0.15) is 5.69 Å². The lowest BCUT2D eigenvalue weighted by atomic mass is 10.1. The van der Waals surface area contributed by atoms with Gasteiger partial charge in [-0.3, -0.25) is 4.21 Å². The zero-order valence-electron chi connectivity index (χ0n) is 11.3. The van der Waals surface area contributed by atoms with Crippen LogP contribution in [0.4, 0.5) is 0 Å². The van der Waals surface area contributed by atoms with Crippen molar-refractivity contribution in [1.29, 1.82) is 0 Å². The molecule has 1 aromatic heterocycles. The van der Waals surface area contributed by atoms with Gasteiger partial charge in [0, 0.05) is 22.9 Å². The van der Waals surface area contributed by atoms with Crippen LogP contribution in [-0.2, 0) is 11.1 Å². The van der Waals surface area contributed by atoms with E-state index in [-0.39, 0.29) is 4.90 Å². The molecule has 1 atom stereocenters. The van der Waals surface area contributed by atoms with Crippen LogP contribution < -0.4 is 0 Å². The van der Waals surface area contributed by atoms with Crippen molar-refractivity contribution in [3.8, 4) is 22.6 Å². The van der Waals surface area contributed by atoms with E-state index in [0.717, 1.165) is 16.8 Å². The first kappa shape index (κ1) is 13.7. The number of hydrogen-bond acceptors (Lipinski definition) is 4. The normalized spacial score (nSPS) is 12.3. The maximum Gasteiger partial charge on any atom is 0.192 e. The molecule has 0 aliphatic rings. The van der Waals surface area contributed by atoms with Crippen LogP contribution >= 0.6 is 0 Å². The second-order valence-corrected chi connectivity index (χ2v) is 5.48. The van der Waals surface area contributed by atoms with Crippen LogP contribution in [0.25, 0.3) is 22.6 Å². The Balaban J connectivity index is 2.09. The van der Waals surface area contributed by atoms with E-state index >= 15 is 0 Å². The molecule has 106 valence electrons. The second-order valence-electron chi connectivity index (χ2n) is 4.54. The summed E-state index contributed by atoms with van der Waals surface area (Å²) in [6, 6.07) is 16.3. The summed E-state index contributed by atoms with van der Waals surface area (Å²) in [4.78, 5) is 4.67. The second kappa shape index (κ2) is 5.63. The van der Waals surface area contributed by atoms with E-state index in [4.69, 9.17) is 4.42 Å². The summed E-state index contributed by atoms with van der Waals surface area (Å²) >= 11 is -2.23. The average molecular weight is 298 g/mol. The zero-order chi connectivity index (χ0) is 14.8. The van der Waals surface area contributed by atoms with Crippen molar-refractivity contribution >= 4 is 11.1 Å². The Bertz CT molecular complexity index is 779. The Labute approximate surface area is 124 Å². The van der Waals surface area contributed by atoms with E-state index < -0.39 is 11.1 Å². The molecule has 3 aromatic rings. The molecule has 0 N–H and O–H groups in total. The molecule has 1 heterocycles. The fraction of sp³-hybridized carbons (Fsp3) is 0.0625. The summed E-state index contributed by atoms with van der Waals surface area (Å²) < 4.78 is 27.5. The number of aryl methyl sites for hydroxylation is 1. The van der Waals surface area contributed by atoms with Crippen LogP contribution in [0, 0.1) is 6.92 Å². The van der Waals surface area contributed by atoms with E-state index in [1.807, 2.05) is 30.3 Å². The first-order valence-electron chi connectivity index (χ1n) is 6.37. The summed E-state index contributed by atoms with van der Waals surface area (Å²) in [5.74, 6) is 1.21. The zero-order valence-corrected chi connectivity index (χ0v) is 12.1. The highest BCUT2D eigenvalue weighted by molar-refractivity contribution is 7.79. The Kier molecular flexibility index (Phi) is 3.68. The molecule has 5 heteroatoms. The highest BCUT2D eigenvalue weighted by atomic mass is 32.2. The van der Waals surface area contributed by atoms with Gasteiger partial charge >= 0.3 is 0 Å². The van der Waals surface area contributed by atoms with Gasteiger partial charge in [-0.1, -0.05) is 30.3 Å². The van der Waals surface area contributed by atoms with Gasteiger partial charge in [0.25, 0.3) is 0 Å². The third kappa shape index (κ3) is 2.79. The number of rotatable bonds is 3. The molecule has 0 aliphatic heterocycles. The monoisotopic (exact) mass is 298 g/mol. The first-order valence-corrected chi connectivity index (χ1v) is 7.45. The van der Waals surface area contributed by atoms with Crippen molar-refractivity contribution < 1.29 is 13.2 Å². The van der Waals surface area contributed by atoms with Crippen molar-refractivity contribution in [1.82, 2.24) is 4.98 Å². The summed E-state index contributed by atoms with van der Waals surface area (Å²) in [5.41, 5.74) is 2.51. The largest absolute Gasteiger partial charge is 0.768 e.